The van der Waals surface area contributed by atoms with E-state index >= 15 is 0 Å². The van der Waals surface area contributed by atoms with Crippen molar-refractivity contribution in [1.82, 2.24) is 4.90 Å². The zero-order chi connectivity index (χ0) is 38.0. The van der Waals surface area contributed by atoms with Gasteiger partial charge in [0.25, 0.3) is 0 Å². The van der Waals surface area contributed by atoms with Gasteiger partial charge in [-0.05, 0) is 116 Å². The number of nitrogens with zero attached hydrogens (tertiary/aromatic N) is 1. The van der Waals surface area contributed by atoms with E-state index in [0.29, 0.717) is 68.4 Å². The van der Waals surface area contributed by atoms with E-state index in [4.69, 9.17) is 4.74 Å². The van der Waals surface area contributed by atoms with Crippen LogP contribution in [-0.4, -0.2) is 51.8 Å². The highest BCUT2D eigenvalue weighted by molar-refractivity contribution is 6.10. The Balaban J connectivity index is 1.38. The summed E-state index contributed by atoms with van der Waals surface area (Å²) < 4.78 is 47.1. The molecular formula is C44H48F3NO5. The fourth-order valence-electron chi connectivity index (χ4n) is 8.41. The Morgan fingerprint density at radius 1 is 0.943 bits per heavy atom. The number of carbonyl (C=O) groups excluding carboxylic acids is 2. The van der Waals surface area contributed by atoms with Crippen LogP contribution in [-0.2, 0) is 12.6 Å². The Labute approximate surface area is 309 Å². The van der Waals surface area contributed by atoms with Crippen molar-refractivity contribution in [2.45, 2.75) is 95.9 Å². The molecule has 0 aromatic heterocycles. The topological polar surface area (TPSA) is 87.1 Å². The van der Waals surface area contributed by atoms with E-state index < -0.39 is 40.7 Å². The van der Waals surface area contributed by atoms with E-state index in [9.17, 15) is 33.0 Å². The predicted molar refractivity (Wildman–Crippen MR) is 200 cm³/mol. The lowest BCUT2D eigenvalue weighted by molar-refractivity contribution is -0.137. The second-order valence-electron chi connectivity index (χ2n) is 15.2. The van der Waals surface area contributed by atoms with Crippen LogP contribution in [0, 0.1) is 5.41 Å². The molecule has 0 saturated heterocycles. The number of benzene rings is 4. The fraction of sp³-hybridized carbons (Fsp3) is 0.409. The molecule has 4 aromatic rings. The van der Waals surface area contributed by atoms with Gasteiger partial charge in [0.05, 0.1) is 23.8 Å². The van der Waals surface area contributed by atoms with E-state index in [2.05, 4.69) is 6.08 Å². The Kier molecular flexibility index (Phi) is 11.2. The smallest absolute Gasteiger partial charge is 0.410 e. The Morgan fingerprint density at radius 3 is 2.47 bits per heavy atom. The number of fused-ring (bicyclic) bond motifs is 9. The molecule has 9 heteroatoms. The Morgan fingerprint density at radius 2 is 1.72 bits per heavy atom. The molecule has 4 atom stereocenters. The number of aliphatic hydroxyl groups excluding tert-OH is 1. The molecule has 0 spiro atoms. The molecule has 6 nitrogen and oxygen atoms in total. The van der Waals surface area contributed by atoms with Crippen LogP contribution in [0.2, 0.25) is 0 Å². The number of carbonyl (C=O) groups is 2. The number of aliphatic hydroxyl groups is 2. The quantitative estimate of drug-likeness (QED) is 0.146. The first kappa shape index (κ1) is 38.3. The molecule has 4 aromatic carbocycles. The van der Waals surface area contributed by atoms with Gasteiger partial charge >= 0.3 is 12.3 Å². The van der Waals surface area contributed by atoms with Gasteiger partial charge in [-0.3, -0.25) is 4.79 Å². The summed E-state index contributed by atoms with van der Waals surface area (Å²) in [6.07, 6.45) is 0.333. The lowest BCUT2D eigenvalue weighted by Gasteiger charge is -2.46. The third-order valence-electron chi connectivity index (χ3n) is 11.5. The molecule has 280 valence electrons. The highest BCUT2D eigenvalue weighted by Gasteiger charge is 2.57. The third-order valence-corrected chi connectivity index (χ3v) is 11.5. The van der Waals surface area contributed by atoms with Crippen LogP contribution >= 0.6 is 0 Å². The van der Waals surface area contributed by atoms with Gasteiger partial charge in [-0.1, -0.05) is 80.1 Å². The lowest BCUT2D eigenvalue weighted by atomic mass is 9.64. The van der Waals surface area contributed by atoms with Gasteiger partial charge < -0.3 is 19.8 Å². The zero-order valence-corrected chi connectivity index (χ0v) is 30.6. The highest BCUT2D eigenvalue weighted by Crippen LogP contribution is 2.59. The van der Waals surface area contributed by atoms with Crippen molar-refractivity contribution in [2.75, 3.05) is 13.1 Å². The van der Waals surface area contributed by atoms with Crippen molar-refractivity contribution in [2.24, 2.45) is 5.41 Å². The van der Waals surface area contributed by atoms with Crippen LogP contribution in [0.3, 0.4) is 0 Å². The van der Waals surface area contributed by atoms with Gasteiger partial charge in [0.15, 0.2) is 5.78 Å². The van der Waals surface area contributed by atoms with Crippen LogP contribution < -0.4 is 4.74 Å². The minimum Gasteiger partial charge on any atom is -0.410 e. The summed E-state index contributed by atoms with van der Waals surface area (Å²) in [4.78, 5) is 29.7. The molecule has 0 aliphatic heterocycles. The van der Waals surface area contributed by atoms with Crippen molar-refractivity contribution in [1.29, 1.82) is 0 Å². The number of alkyl halides is 3. The van der Waals surface area contributed by atoms with Crippen LogP contribution in [0.4, 0.5) is 18.0 Å². The molecule has 0 unspecified atom stereocenters. The van der Waals surface area contributed by atoms with Gasteiger partial charge in [0, 0.05) is 23.1 Å². The number of hydrogen-bond acceptors (Lipinski definition) is 5. The second kappa shape index (κ2) is 15.5. The molecule has 7 rings (SSSR count). The molecule has 1 saturated carbocycles. The molecule has 2 bridgehead atoms. The third kappa shape index (κ3) is 8.21. The van der Waals surface area contributed by atoms with Crippen LogP contribution in [0.1, 0.15) is 104 Å². The van der Waals surface area contributed by atoms with E-state index in [1.54, 1.807) is 17.0 Å². The van der Waals surface area contributed by atoms with Crippen molar-refractivity contribution >= 4 is 22.6 Å². The molecule has 1 amide bonds. The monoisotopic (exact) mass is 727 g/mol. The molecule has 0 heterocycles. The molecule has 3 aliphatic rings. The number of rotatable bonds is 7. The van der Waals surface area contributed by atoms with E-state index in [0.717, 1.165) is 28.5 Å². The normalized spacial score (nSPS) is 23.6. The fourth-order valence-corrected chi connectivity index (χ4v) is 8.41. The maximum Gasteiger partial charge on any atom is 0.416 e. The van der Waals surface area contributed by atoms with Crippen molar-refractivity contribution < 1.29 is 37.7 Å². The van der Waals surface area contributed by atoms with Crippen LogP contribution in [0.25, 0.3) is 10.8 Å². The molecule has 53 heavy (non-hydrogen) atoms. The maximum atomic E-state index is 14.3. The lowest BCUT2D eigenvalue weighted by Crippen LogP contribution is -2.54. The van der Waals surface area contributed by atoms with E-state index in [-0.39, 0.29) is 30.0 Å². The van der Waals surface area contributed by atoms with Gasteiger partial charge in [-0.2, -0.15) is 13.2 Å². The SMILES string of the molecule is CCCN(C[C@]1(O)CC[C@H]2c3ccc(cc3C(=O)c3cccc(C(F)(F)F)c3)C[C@@H](O)CCC(C)=CCC[C@@]21C)C(=O)Oc1ccc2ccccc2c1. The van der Waals surface area contributed by atoms with Gasteiger partial charge in [-0.15, -0.1) is 0 Å². The summed E-state index contributed by atoms with van der Waals surface area (Å²) in [6, 6.07) is 23.1. The number of hydrogen-bond donors (Lipinski definition) is 2. The van der Waals surface area contributed by atoms with Crippen molar-refractivity contribution in [3.63, 3.8) is 0 Å². The Hall–Kier alpha value is -4.47. The standard InChI is InChI=1S/C44H48F3NO5/c1-4-23-48(41(51)53-36-18-16-31-10-5-6-11-32(31)27-36)28-43(52)22-20-39-37-19-15-30(24-35(49)17-14-29(2)9-8-21-42(39,43)3)25-38(37)40(50)33-12-7-13-34(26-33)44(45,46)47/h5-7,9-13,15-16,18-19,25-27,35,39,49,52H,4,8,14,17,20-24,28H2,1-3H3/t35-,39-,42-,43+/m0/s1. The summed E-state index contributed by atoms with van der Waals surface area (Å²) in [7, 11) is 0. The zero-order valence-electron chi connectivity index (χ0n) is 30.6. The molecule has 2 N–H and O–H groups in total. The van der Waals surface area contributed by atoms with Gasteiger partial charge in [-0.25, -0.2) is 4.79 Å². The molecular weight excluding hydrogens is 679 g/mol. The molecule has 3 aliphatic carbocycles. The average Bonchev–Trinajstić information content (AvgIpc) is 3.38. The van der Waals surface area contributed by atoms with Crippen LogP contribution in [0.15, 0.2) is 96.6 Å². The number of allylic oxidation sites excluding steroid dienone is 2. The van der Waals surface area contributed by atoms with Gasteiger partial charge in [0.1, 0.15) is 5.75 Å². The maximum absolute atomic E-state index is 14.3. The minimum absolute atomic E-state index is 0.00410. The highest BCUT2D eigenvalue weighted by atomic mass is 19.4. The second-order valence-corrected chi connectivity index (χ2v) is 15.2. The summed E-state index contributed by atoms with van der Waals surface area (Å²) in [6.45, 7) is 6.35. The average molecular weight is 728 g/mol. The first-order chi connectivity index (χ1) is 25.2. The summed E-state index contributed by atoms with van der Waals surface area (Å²) >= 11 is 0. The molecule has 0 radical (unpaired) electrons. The number of ether oxygens (including phenoxy) is 1. The first-order valence-electron chi connectivity index (χ1n) is 18.6. The van der Waals surface area contributed by atoms with Gasteiger partial charge in [0.2, 0.25) is 0 Å². The Bertz CT molecular complexity index is 2010. The van der Waals surface area contributed by atoms with Crippen molar-refractivity contribution in [3.05, 3.63) is 124 Å². The van der Waals surface area contributed by atoms with Crippen molar-refractivity contribution in [3.8, 4) is 5.75 Å². The van der Waals surface area contributed by atoms with E-state index in [1.165, 1.54) is 12.1 Å². The van der Waals surface area contributed by atoms with Crippen LogP contribution in [0.5, 0.6) is 5.75 Å². The molecule has 1 fully saturated rings. The predicted octanol–water partition coefficient (Wildman–Crippen LogP) is 10.0. The van der Waals surface area contributed by atoms with E-state index in [1.807, 2.05) is 69.3 Å². The first-order valence-corrected chi connectivity index (χ1v) is 18.6. The summed E-state index contributed by atoms with van der Waals surface area (Å²) in [5, 5.41) is 25.7. The number of ketones is 1. The minimum atomic E-state index is -4.62. The summed E-state index contributed by atoms with van der Waals surface area (Å²) in [5.74, 6) is -0.513. The largest absolute Gasteiger partial charge is 0.416 e. The summed E-state index contributed by atoms with van der Waals surface area (Å²) in [5.41, 5.74) is -0.500. The number of amides is 1. The number of halogens is 3.